The SMILES string of the molecule is Cc1cc(Br)ccc1-c1nc(CN2CCC(C(=O)O)CC2)c(C)o1. The molecule has 1 aromatic carbocycles. The third-order valence-corrected chi connectivity index (χ3v) is 5.11. The Morgan fingerprint density at radius 2 is 2.08 bits per heavy atom. The summed E-state index contributed by atoms with van der Waals surface area (Å²) in [5.41, 5.74) is 3.04. The van der Waals surface area contributed by atoms with Gasteiger partial charge < -0.3 is 9.52 Å². The van der Waals surface area contributed by atoms with Crippen LogP contribution in [0.3, 0.4) is 0 Å². The Morgan fingerprint density at radius 1 is 1.38 bits per heavy atom. The molecule has 0 saturated carbocycles. The van der Waals surface area contributed by atoms with Crippen molar-refractivity contribution in [2.75, 3.05) is 13.1 Å². The molecular formula is C18H21BrN2O3. The third kappa shape index (κ3) is 3.70. The molecule has 1 N–H and O–H groups in total. The number of nitrogens with zero attached hydrogens (tertiary/aromatic N) is 2. The summed E-state index contributed by atoms with van der Waals surface area (Å²) in [6.07, 6.45) is 1.40. The molecule has 0 bridgehead atoms. The van der Waals surface area contributed by atoms with Gasteiger partial charge in [-0.2, -0.15) is 0 Å². The summed E-state index contributed by atoms with van der Waals surface area (Å²) in [6, 6.07) is 6.04. The van der Waals surface area contributed by atoms with E-state index in [2.05, 4.69) is 25.8 Å². The second-order valence-corrected chi connectivity index (χ2v) is 7.29. The van der Waals surface area contributed by atoms with Crippen molar-refractivity contribution in [3.8, 4) is 11.5 Å². The molecule has 2 aromatic rings. The minimum Gasteiger partial charge on any atom is -0.481 e. The van der Waals surface area contributed by atoms with Crippen molar-refractivity contribution in [3.05, 3.63) is 39.7 Å². The molecule has 3 rings (SSSR count). The van der Waals surface area contributed by atoms with Crippen LogP contribution in [-0.2, 0) is 11.3 Å². The van der Waals surface area contributed by atoms with Crippen LogP contribution in [0.2, 0.25) is 0 Å². The van der Waals surface area contributed by atoms with Gasteiger partial charge in [0.2, 0.25) is 5.89 Å². The highest BCUT2D eigenvalue weighted by Crippen LogP contribution is 2.28. The monoisotopic (exact) mass is 392 g/mol. The first-order valence-electron chi connectivity index (χ1n) is 8.12. The van der Waals surface area contributed by atoms with Crippen molar-refractivity contribution < 1.29 is 14.3 Å². The smallest absolute Gasteiger partial charge is 0.306 e. The first-order valence-corrected chi connectivity index (χ1v) is 8.91. The molecule has 0 unspecified atom stereocenters. The zero-order valence-electron chi connectivity index (χ0n) is 13.9. The second kappa shape index (κ2) is 7.07. The van der Waals surface area contributed by atoms with Crippen LogP contribution in [0.1, 0.15) is 29.9 Å². The lowest BCUT2D eigenvalue weighted by molar-refractivity contribution is -0.143. The van der Waals surface area contributed by atoms with Gasteiger partial charge in [-0.05, 0) is 63.5 Å². The number of likely N-dealkylation sites (tertiary alicyclic amines) is 1. The number of aliphatic carboxylic acids is 1. The number of hydrogen-bond acceptors (Lipinski definition) is 4. The molecule has 0 aliphatic carbocycles. The van der Waals surface area contributed by atoms with Crippen LogP contribution in [0.5, 0.6) is 0 Å². The molecule has 6 heteroatoms. The molecular weight excluding hydrogens is 372 g/mol. The highest BCUT2D eigenvalue weighted by Gasteiger charge is 2.25. The van der Waals surface area contributed by atoms with Crippen molar-refractivity contribution in [1.29, 1.82) is 0 Å². The van der Waals surface area contributed by atoms with Crippen molar-refractivity contribution in [2.24, 2.45) is 5.92 Å². The Kier molecular flexibility index (Phi) is 5.06. The molecule has 24 heavy (non-hydrogen) atoms. The highest BCUT2D eigenvalue weighted by atomic mass is 79.9. The number of carboxylic acid groups (broad SMARTS) is 1. The topological polar surface area (TPSA) is 66.6 Å². The Hall–Kier alpha value is -1.66. The number of aromatic nitrogens is 1. The molecule has 128 valence electrons. The number of oxazole rings is 1. The third-order valence-electron chi connectivity index (χ3n) is 4.62. The van der Waals surface area contributed by atoms with Gasteiger partial charge in [0, 0.05) is 16.6 Å². The van der Waals surface area contributed by atoms with Gasteiger partial charge in [0.1, 0.15) is 5.76 Å². The molecule has 0 spiro atoms. The molecule has 1 saturated heterocycles. The van der Waals surface area contributed by atoms with Gasteiger partial charge in [0.15, 0.2) is 0 Å². The molecule has 5 nitrogen and oxygen atoms in total. The number of rotatable bonds is 4. The number of halogens is 1. The predicted molar refractivity (Wildman–Crippen MR) is 94.7 cm³/mol. The quantitative estimate of drug-likeness (QED) is 0.850. The van der Waals surface area contributed by atoms with Crippen LogP contribution >= 0.6 is 15.9 Å². The minimum atomic E-state index is -0.680. The standard InChI is InChI=1S/C18H21BrN2O3/c1-11-9-14(19)3-4-15(11)17-20-16(12(2)24-17)10-21-7-5-13(6-8-21)18(22)23/h3-4,9,13H,5-8,10H2,1-2H3,(H,22,23). The number of piperidine rings is 1. The molecule has 1 aliphatic heterocycles. The fourth-order valence-electron chi connectivity index (χ4n) is 3.11. The average molecular weight is 393 g/mol. The molecule has 2 heterocycles. The van der Waals surface area contributed by atoms with Gasteiger partial charge in [-0.3, -0.25) is 9.69 Å². The van der Waals surface area contributed by atoms with Crippen molar-refractivity contribution in [2.45, 2.75) is 33.2 Å². The summed E-state index contributed by atoms with van der Waals surface area (Å²) < 4.78 is 6.91. The number of benzene rings is 1. The fraction of sp³-hybridized carbons (Fsp3) is 0.444. The Morgan fingerprint density at radius 3 is 2.71 bits per heavy atom. The van der Waals surface area contributed by atoms with Crippen LogP contribution in [0, 0.1) is 19.8 Å². The average Bonchev–Trinajstić information content (AvgIpc) is 2.88. The van der Waals surface area contributed by atoms with E-state index >= 15 is 0 Å². The molecule has 0 radical (unpaired) electrons. The zero-order valence-corrected chi connectivity index (χ0v) is 15.5. The van der Waals surface area contributed by atoms with Gasteiger partial charge in [-0.15, -0.1) is 0 Å². The van der Waals surface area contributed by atoms with E-state index in [9.17, 15) is 4.79 Å². The summed E-state index contributed by atoms with van der Waals surface area (Å²) in [7, 11) is 0. The van der Waals surface area contributed by atoms with E-state index in [0.29, 0.717) is 25.3 Å². The Balaban J connectivity index is 1.72. The molecule has 1 aliphatic rings. The van der Waals surface area contributed by atoms with Gasteiger partial charge in [0.25, 0.3) is 0 Å². The van der Waals surface area contributed by atoms with E-state index in [4.69, 9.17) is 9.52 Å². The summed E-state index contributed by atoms with van der Waals surface area (Å²) in [6.45, 7) is 6.25. The van der Waals surface area contributed by atoms with Crippen molar-refractivity contribution >= 4 is 21.9 Å². The molecule has 1 aromatic heterocycles. The summed E-state index contributed by atoms with van der Waals surface area (Å²) in [4.78, 5) is 18.0. The largest absolute Gasteiger partial charge is 0.481 e. The zero-order chi connectivity index (χ0) is 17.3. The lowest BCUT2D eigenvalue weighted by atomic mass is 9.97. The van der Waals surface area contributed by atoms with Crippen LogP contribution in [0.25, 0.3) is 11.5 Å². The summed E-state index contributed by atoms with van der Waals surface area (Å²) in [5, 5.41) is 9.08. The summed E-state index contributed by atoms with van der Waals surface area (Å²) in [5.74, 6) is 0.585. The first-order chi connectivity index (χ1) is 11.4. The van der Waals surface area contributed by atoms with Crippen LogP contribution in [0.4, 0.5) is 0 Å². The maximum absolute atomic E-state index is 11.0. The van der Waals surface area contributed by atoms with Crippen molar-refractivity contribution in [3.63, 3.8) is 0 Å². The lowest BCUT2D eigenvalue weighted by Crippen LogP contribution is -2.36. The number of carboxylic acids is 1. The number of carbonyl (C=O) groups is 1. The number of aryl methyl sites for hydroxylation is 2. The summed E-state index contributed by atoms with van der Waals surface area (Å²) >= 11 is 3.47. The normalized spacial score (nSPS) is 16.5. The number of hydrogen-bond donors (Lipinski definition) is 1. The van der Waals surface area contributed by atoms with Crippen LogP contribution < -0.4 is 0 Å². The maximum Gasteiger partial charge on any atom is 0.306 e. The fourth-order valence-corrected chi connectivity index (χ4v) is 3.58. The maximum atomic E-state index is 11.0. The van der Waals surface area contributed by atoms with Gasteiger partial charge in [-0.25, -0.2) is 4.98 Å². The van der Waals surface area contributed by atoms with E-state index in [1.54, 1.807) is 0 Å². The van der Waals surface area contributed by atoms with E-state index in [1.807, 2.05) is 32.0 Å². The van der Waals surface area contributed by atoms with E-state index in [-0.39, 0.29) is 5.92 Å². The van der Waals surface area contributed by atoms with Gasteiger partial charge in [0.05, 0.1) is 11.6 Å². The highest BCUT2D eigenvalue weighted by molar-refractivity contribution is 9.10. The first kappa shape index (κ1) is 17.2. The van der Waals surface area contributed by atoms with Crippen LogP contribution in [0.15, 0.2) is 27.1 Å². The van der Waals surface area contributed by atoms with Gasteiger partial charge >= 0.3 is 5.97 Å². The molecule has 0 atom stereocenters. The lowest BCUT2D eigenvalue weighted by Gasteiger charge is -2.29. The van der Waals surface area contributed by atoms with Crippen molar-refractivity contribution in [1.82, 2.24) is 9.88 Å². The molecule has 0 amide bonds. The minimum absolute atomic E-state index is 0.208. The van der Waals surface area contributed by atoms with E-state index in [0.717, 1.165) is 40.1 Å². The Labute approximate surface area is 149 Å². The van der Waals surface area contributed by atoms with E-state index in [1.165, 1.54) is 0 Å². The second-order valence-electron chi connectivity index (χ2n) is 6.37. The predicted octanol–water partition coefficient (Wildman–Crippen LogP) is 4.02. The Bertz CT molecular complexity index is 749. The van der Waals surface area contributed by atoms with Gasteiger partial charge in [-0.1, -0.05) is 15.9 Å². The van der Waals surface area contributed by atoms with Crippen LogP contribution in [-0.4, -0.2) is 34.0 Å². The molecule has 1 fully saturated rings. The van der Waals surface area contributed by atoms with E-state index < -0.39 is 5.97 Å².